The molecule has 1 aliphatic carbocycles. The Bertz CT molecular complexity index is 277. The Balaban J connectivity index is 1.80. The van der Waals surface area contributed by atoms with Crippen molar-refractivity contribution in [2.24, 2.45) is 5.73 Å². The smallest absolute Gasteiger partial charge is 0.0731 e. The lowest BCUT2D eigenvalue weighted by Gasteiger charge is -2.50. The second kappa shape index (κ2) is 5.45. The van der Waals surface area contributed by atoms with Gasteiger partial charge in [0.25, 0.3) is 0 Å². The molecule has 2 saturated heterocycles. The summed E-state index contributed by atoms with van der Waals surface area (Å²) in [5.41, 5.74) is 6.36. The fourth-order valence-electron chi connectivity index (χ4n) is 4.12. The van der Waals surface area contributed by atoms with Gasteiger partial charge in [0.15, 0.2) is 0 Å². The van der Waals surface area contributed by atoms with Crippen LogP contribution in [0.5, 0.6) is 0 Å². The lowest BCUT2D eigenvalue weighted by Crippen LogP contribution is -2.63. The van der Waals surface area contributed by atoms with E-state index in [2.05, 4.69) is 4.90 Å². The Hall–Kier alpha value is -0.160. The van der Waals surface area contributed by atoms with Crippen molar-refractivity contribution in [1.29, 1.82) is 0 Å². The van der Waals surface area contributed by atoms with E-state index in [1.807, 2.05) is 0 Å². The number of ether oxygens (including phenoxy) is 2. The van der Waals surface area contributed by atoms with Crippen LogP contribution in [0.1, 0.15) is 38.5 Å². The van der Waals surface area contributed by atoms with E-state index in [0.717, 1.165) is 45.8 Å². The Morgan fingerprint density at radius 2 is 2.06 bits per heavy atom. The van der Waals surface area contributed by atoms with Crippen molar-refractivity contribution in [1.82, 2.24) is 4.90 Å². The number of hydrogen-bond acceptors (Lipinski definition) is 4. The first-order valence-corrected chi connectivity index (χ1v) is 7.52. The molecule has 3 unspecified atom stereocenters. The molecule has 3 fully saturated rings. The molecule has 18 heavy (non-hydrogen) atoms. The minimum Gasteiger partial charge on any atom is -0.381 e. The molecule has 1 saturated carbocycles. The molecule has 0 aromatic heterocycles. The van der Waals surface area contributed by atoms with Crippen LogP contribution >= 0.6 is 0 Å². The quantitative estimate of drug-likeness (QED) is 0.803. The highest BCUT2D eigenvalue weighted by Gasteiger charge is 2.45. The van der Waals surface area contributed by atoms with Gasteiger partial charge in [-0.25, -0.2) is 0 Å². The number of nitrogens with two attached hydrogens (primary N) is 1. The number of fused-ring (bicyclic) bond motifs is 1. The monoisotopic (exact) mass is 254 g/mol. The highest BCUT2D eigenvalue weighted by Crippen LogP contribution is 2.37. The van der Waals surface area contributed by atoms with Gasteiger partial charge in [0, 0.05) is 37.9 Å². The summed E-state index contributed by atoms with van der Waals surface area (Å²) in [6, 6.07) is 0.611. The molecule has 0 aromatic carbocycles. The summed E-state index contributed by atoms with van der Waals surface area (Å²) in [7, 11) is 0. The molecular weight excluding hydrogens is 228 g/mol. The molecule has 104 valence electrons. The lowest BCUT2D eigenvalue weighted by molar-refractivity contribution is -0.102. The van der Waals surface area contributed by atoms with Crippen LogP contribution in [0.2, 0.25) is 0 Å². The molecule has 2 aliphatic heterocycles. The summed E-state index contributed by atoms with van der Waals surface area (Å²) in [6.45, 7) is 4.47. The van der Waals surface area contributed by atoms with Gasteiger partial charge in [-0.2, -0.15) is 0 Å². The van der Waals surface area contributed by atoms with Gasteiger partial charge in [-0.15, -0.1) is 0 Å². The SMILES string of the molecule is NCC1(N2CCOC3CCCC32)CCCOCC1. The van der Waals surface area contributed by atoms with Crippen LogP contribution in [0, 0.1) is 0 Å². The molecule has 3 atom stereocenters. The zero-order valence-electron chi connectivity index (χ0n) is 11.3. The standard InChI is InChI=1S/C14H26N2O2/c15-11-14(5-2-8-17-9-6-14)16-7-10-18-13-4-1-3-12(13)16/h12-13H,1-11,15H2. The van der Waals surface area contributed by atoms with Crippen LogP contribution in [0.15, 0.2) is 0 Å². The largest absolute Gasteiger partial charge is 0.381 e. The zero-order valence-corrected chi connectivity index (χ0v) is 11.3. The maximum absolute atomic E-state index is 6.18. The summed E-state index contributed by atoms with van der Waals surface area (Å²) in [4.78, 5) is 2.70. The van der Waals surface area contributed by atoms with Gasteiger partial charge in [0.05, 0.1) is 12.7 Å². The van der Waals surface area contributed by atoms with Crippen molar-refractivity contribution in [3.05, 3.63) is 0 Å². The average molecular weight is 254 g/mol. The highest BCUT2D eigenvalue weighted by molar-refractivity contribution is 5.01. The third-order valence-corrected chi connectivity index (χ3v) is 5.11. The van der Waals surface area contributed by atoms with Crippen LogP contribution < -0.4 is 5.73 Å². The molecule has 3 rings (SSSR count). The average Bonchev–Trinajstić information content (AvgIpc) is 2.76. The van der Waals surface area contributed by atoms with Crippen molar-refractivity contribution >= 4 is 0 Å². The predicted molar refractivity (Wildman–Crippen MR) is 70.5 cm³/mol. The van der Waals surface area contributed by atoms with Crippen molar-refractivity contribution in [3.63, 3.8) is 0 Å². The third kappa shape index (κ3) is 2.20. The van der Waals surface area contributed by atoms with Crippen molar-refractivity contribution in [2.75, 3.05) is 32.9 Å². The fourth-order valence-corrected chi connectivity index (χ4v) is 4.12. The Morgan fingerprint density at radius 3 is 2.94 bits per heavy atom. The van der Waals surface area contributed by atoms with Crippen molar-refractivity contribution < 1.29 is 9.47 Å². The zero-order chi connectivity index (χ0) is 12.4. The highest BCUT2D eigenvalue weighted by atomic mass is 16.5. The molecule has 2 N–H and O–H groups in total. The summed E-state index contributed by atoms with van der Waals surface area (Å²) < 4.78 is 11.6. The number of nitrogens with zero attached hydrogens (tertiary/aromatic N) is 1. The number of morpholine rings is 1. The number of hydrogen-bond donors (Lipinski definition) is 1. The summed E-state index contributed by atoms with van der Waals surface area (Å²) in [5, 5.41) is 0. The Kier molecular flexibility index (Phi) is 3.89. The lowest BCUT2D eigenvalue weighted by atomic mass is 9.86. The van der Waals surface area contributed by atoms with Gasteiger partial charge >= 0.3 is 0 Å². The fraction of sp³-hybridized carbons (Fsp3) is 1.00. The number of rotatable bonds is 2. The van der Waals surface area contributed by atoms with E-state index in [9.17, 15) is 0 Å². The van der Waals surface area contributed by atoms with Crippen LogP contribution in [-0.2, 0) is 9.47 Å². The van der Waals surface area contributed by atoms with E-state index < -0.39 is 0 Å². The second-order valence-electron chi connectivity index (χ2n) is 6.00. The van der Waals surface area contributed by atoms with Gasteiger partial charge in [0.2, 0.25) is 0 Å². The van der Waals surface area contributed by atoms with Gasteiger partial charge in [-0.1, -0.05) is 0 Å². The molecule has 4 nitrogen and oxygen atoms in total. The molecule has 0 aromatic rings. The minimum atomic E-state index is 0.174. The van der Waals surface area contributed by atoms with E-state index in [1.165, 1.54) is 25.7 Å². The van der Waals surface area contributed by atoms with Crippen LogP contribution in [0.4, 0.5) is 0 Å². The first-order valence-electron chi connectivity index (χ1n) is 7.52. The van der Waals surface area contributed by atoms with E-state index in [0.29, 0.717) is 12.1 Å². The van der Waals surface area contributed by atoms with Gasteiger partial charge < -0.3 is 15.2 Å². The van der Waals surface area contributed by atoms with Crippen molar-refractivity contribution in [3.8, 4) is 0 Å². The summed E-state index contributed by atoms with van der Waals surface area (Å²) in [6.07, 6.45) is 7.71. The maximum Gasteiger partial charge on any atom is 0.0731 e. The van der Waals surface area contributed by atoms with E-state index in [1.54, 1.807) is 0 Å². The third-order valence-electron chi connectivity index (χ3n) is 5.11. The second-order valence-corrected chi connectivity index (χ2v) is 6.00. The topological polar surface area (TPSA) is 47.7 Å². The van der Waals surface area contributed by atoms with Crippen LogP contribution in [-0.4, -0.2) is 55.5 Å². The van der Waals surface area contributed by atoms with Gasteiger partial charge in [-0.3, -0.25) is 4.90 Å². The molecule has 0 spiro atoms. The molecule has 0 bridgehead atoms. The molecule has 3 aliphatic rings. The Morgan fingerprint density at radius 1 is 1.11 bits per heavy atom. The summed E-state index contributed by atoms with van der Waals surface area (Å²) in [5.74, 6) is 0. The maximum atomic E-state index is 6.18. The molecule has 4 heteroatoms. The molecule has 2 heterocycles. The summed E-state index contributed by atoms with van der Waals surface area (Å²) >= 11 is 0. The van der Waals surface area contributed by atoms with Crippen LogP contribution in [0.3, 0.4) is 0 Å². The van der Waals surface area contributed by atoms with E-state index >= 15 is 0 Å². The van der Waals surface area contributed by atoms with Crippen LogP contribution in [0.25, 0.3) is 0 Å². The first-order chi connectivity index (χ1) is 8.86. The molecule has 0 amide bonds. The Labute approximate surface area is 110 Å². The van der Waals surface area contributed by atoms with Crippen molar-refractivity contribution in [2.45, 2.75) is 56.2 Å². The first kappa shape index (κ1) is 12.9. The predicted octanol–water partition coefficient (Wildman–Crippen LogP) is 1.14. The molecule has 0 radical (unpaired) electrons. The normalized spacial score (nSPS) is 42.5. The minimum absolute atomic E-state index is 0.174. The van der Waals surface area contributed by atoms with Gasteiger partial charge in [-0.05, 0) is 38.5 Å². The van der Waals surface area contributed by atoms with E-state index in [4.69, 9.17) is 15.2 Å². The van der Waals surface area contributed by atoms with Gasteiger partial charge in [0.1, 0.15) is 0 Å². The molecular formula is C14H26N2O2. The van der Waals surface area contributed by atoms with E-state index in [-0.39, 0.29) is 5.54 Å².